The van der Waals surface area contributed by atoms with Crippen LogP contribution in [0.15, 0.2) is 34.2 Å². The van der Waals surface area contributed by atoms with Gasteiger partial charge in [0.25, 0.3) is 0 Å². The van der Waals surface area contributed by atoms with Gasteiger partial charge in [0.15, 0.2) is 0 Å². The van der Waals surface area contributed by atoms with Crippen molar-refractivity contribution in [2.45, 2.75) is 34.6 Å². The monoisotopic (exact) mass is 168 g/mol. The van der Waals surface area contributed by atoms with E-state index in [9.17, 15) is 0 Å². The fourth-order valence-electron chi connectivity index (χ4n) is 0.498. The maximum atomic E-state index is 3.82. The Hall–Kier alpha value is -0.920. The molecule has 70 valence electrons. The summed E-state index contributed by atoms with van der Waals surface area (Å²) in [6.45, 7) is 10.8. The summed E-state index contributed by atoms with van der Waals surface area (Å²) in [4.78, 5) is 0. The van der Waals surface area contributed by atoms with Crippen molar-refractivity contribution in [3.8, 4) is 0 Å². The molecule has 0 bridgehead atoms. The summed E-state index contributed by atoms with van der Waals surface area (Å²) in [6, 6.07) is 0. The lowest BCUT2D eigenvalue weighted by Gasteiger charge is -1.85. The molecule has 0 amide bonds. The van der Waals surface area contributed by atoms with Gasteiger partial charge in [-0.15, -0.1) is 0 Å². The molecular formula is C10H20N2. The van der Waals surface area contributed by atoms with E-state index in [1.165, 1.54) is 5.57 Å². The van der Waals surface area contributed by atoms with Crippen LogP contribution in [0.5, 0.6) is 0 Å². The van der Waals surface area contributed by atoms with Crippen LogP contribution in [-0.4, -0.2) is 6.54 Å². The summed E-state index contributed by atoms with van der Waals surface area (Å²) in [5, 5.41) is 7.54. The van der Waals surface area contributed by atoms with Gasteiger partial charge in [-0.3, -0.25) is 0 Å². The van der Waals surface area contributed by atoms with E-state index < -0.39 is 0 Å². The van der Waals surface area contributed by atoms with Crippen molar-refractivity contribution >= 4 is 0 Å². The molecule has 0 N–H and O–H groups in total. The molecule has 1 aliphatic rings. The van der Waals surface area contributed by atoms with E-state index >= 15 is 0 Å². The number of hydrogen-bond acceptors (Lipinski definition) is 2. The normalized spacial score (nSPS) is 12.9. The molecule has 0 fully saturated rings. The van der Waals surface area contributed by atoms with Crippen molar-refractivity contribution in [2.24, 2.45) is 10.2 Å². The molecule has 12 heavy (non-hydrogen) atoms. The second-order valence-corrected chi connectivity index (χ2v) is 1.77. The van der Waals surface area contributed by atoms with Crippen molar-refractivity contribution < 1.29 is 0 Å². The first-order chi connectivity index (χ1) is 5.89. The third kappa shape index (κ3) is 9.08. The summed E-state index contributed by atoms with van der Waals surface area (Å²) in [7, 11) is 0. The summed E-state index contributed by atoms with van der Waals surface area (Å²) < 4.78 is 0. The Kier molecular flexibility index (Phi) is 14.5. The Labute approximate surface area is 76.1 Å². The second-order valence-electron chi connectivity index (χ2n) is 1.77. The van der Waals surface area contributed by atoms with Crippen LogP contribution < -0.4 is 0 Å². The molecule has 2 nitrogen and oxygen atoms in total. The SMILES string of the molecule is CC.CC.CC1=CC=CN=NC1. The van der Waals surface area contributed by atoms with Crippen molar-refractivity contribution in [1.29, 1.82) is 0 Å². The molecule has 0 unspecified atom stereocenters. The third-order valence-corrected chi connectivity index (χ3v) is 0.935. The van der Waals surface area contributed by atoms with E-state index in [0.717, 1.165) is 6.54 Å². The van der Waals surface area contributed by atoms with Gasteiger partial charge in [-0.05, 0) is 13.0 Å². The van der Waals surface area contributed by atoms with E-state index in [1.807, 2.05) is 46.8 Å². The zero-order chi connectivity index (χ0) is 9.82. The van der Waals surface area contributed by atoms with Crippen LogP contribution in [0, 0.1) is 0 Å². The van der Waals surface area contributed by atoms with E-state index in [4.69, 9.17) is 0 Å². The zero-order valence-electron chi connectivity index (χ0n) is 8.83. The van der Waals surface area contributed by atoms with Gasteiger partial charge < -0.3 is 0 Å². The van der Waals surface area contributed by atoms with E-state index in [1.54, 1.807) is 6.20 Å². The van der Waals surface area contributed by atoms with Crippen LogP contribution in [0.3, 0.4) is 0 Å². The van der Waals surface area contributed by atoms with Gasteiger partial charge in [0.05, 0.1) is 6.54 Å². The molecule has 0 aromatic rings. The molecule has 0 aromatic carbocycles. The lowest BCUT2D eigenvalue weighted by Crippen LogP contribution is -1.76. The summed E-state index contributed by atoms with van der Waals surface area (Å²) >= 11 is 0. The first-order valence-corrected chi connectivity index (χ1v) is 4.58. The number of allylic oxidation sites excluding steroid dienone is 2. The van der Waals surface area contributed by atoms with Gasteiger partial charge in [-0.1, -0.05) is 39.3 Å². The molecule has 0 saturated carbocycles. The highest BCUT2D eigenvalue weighted by Gasteiger charge is 1.84. The minimum absolute atomic E-state index is 0.743. The van der Waals surface area contributed by atoms with Crippen LogP contribution in [0.4, 0.5) is 0 Å². The Morgan fingerprint density at radius 1 is 1.17 bits per heavy atom. The Morgan fingerprint density at radius 2 is 1.75 bits per heavy atom. The third-order valence-electron chi connectivity index (χ3n) is 0.935. The highest BCUT2D eigenvalue weighted by molar-refractivity contribution is 5.12. The van der Waals surface area contributed by atoms with Crippen molar-refractivity contribution in [3.05, 3.63) is 23.9 Å². The van der Waals surface area contributed by atoms with Gasteiger partial charge in [0, 0.05) is 6.20 Å². The van der Waals surface area contributed by atoms with Crippen LogP contribution >= 0.6 is 0 Å². The van der Waals surface area contributed by atoms with Crippen LogP contribution in [0.25, 0.3) is 0 Å². The Morgan fingerprint density at radius 3 is 2.33 bits per heavy atom. The summed E-state index contributed by atoms with van der Waals surface area (Å²) in [6.07, 6.45) is 5.60. The maximum Gasteiger partial charge on any atom is 0.0813 e. The molecule has 0 spiro atoms. The van der Waals surface area contributed by atoms with Gasteiger partial charge in [0.1, 0.15) is 0 Å². The summed E-state index contributed by atoms with van der Waals surface area (Å²) in [5.41, 5.74) is 1.25. The lowest BCUT2D eigenvalue weighted by atomic mass is 10.3. The number of hydrogen-bond donors (Lipinski definition) is 0. The highest BCUT2D eigenvalue weighted by Crippen LogP contribution is 1.98. The number of nitrogens with zero attached hydrogens (tertiary/aromatic N) is 2. The van der Waals surface area contributed by atoms with Crippen LogP contribution in [0.2, 0.25) is 0 Å². The van der Waals surface area contributed by atoms with Crippen molar-refractivity contribution in [1.82, 2.24) is 0 Å². The molecule has 0 aromatic heterocycles. The minimum atomic E-state index is 0.743. The minimum Gasteiger partial charge on any atom is -0.185 e. The van der Waals surface area contributed by atoms with E-state index in [0.29, 0.717) is 0 Å². The Bertz CT molecular complexity index is 155. The fraction of sp³-hybridized carbons (Fsp3) is 0.600. The predicted octanol–water partition coefficient (Wildman–Crippen LogP) is 3.96. The molecule has 0 atom stereocenters. The smallest absolute Gasteiger partial charge is 0.0813 e. The second kappa shape index (κ2) is 12.7. The molecule has 0 saturated heterocycles. The molecule has 1 rings (SSSR count). The molecule has 0 radical (unpaired) electrons. The molecule has 0 aliphatic carbocycles. The molecule has 2 heteroatoms. The van der Waals surface area contributed by atoms with Crippen LogP contribution in [-0.2, 0) is 0 Å². The lowest BCUT2D eigenvalue weighted by molar-refractivity contribution is 1.03. The Balaban J connectivity index is 0. The number of azo groups is 1. The maximum absolute atomic E-state index is 3.82. The average molecular weight is 168 g/mol. The van der Waals surface area contributed by atoms with Crippen LogP contribution in [0.1, 0.15) is 34.6 Å². The summed E-state index contributed by atoms with van der Waals surface area (Å²) in [5.74, 6) is 0. The first-order valence-electron chi connectivity index (χ1n) is 4.58. The molecular weight excluding hydrogens is 148 g/mol. The zero-order valence-corrected chi connectivity index (χ0v) is 8.83. The van der Waals surface area contributed by atoms with Crippen molar-refractivity contribution in [3.63, 3.8) is 0 Å². The molecule has 1 aliphatic heterocycles. The topological polar surface area (TPSA) is 24.7 Å². The quantitative estimate of drug-likeness (QED) is 0.523. The van der Waals surface area contributed by atoms with Gasteiger partial charge in [0.2, 0.25) is 0 Å². The fourth-order valence-corrected chi connectivity index (χ4v) is 0.498. The largest absolute Gasteiger partial charge is 0.185 e. The first kappa shape index (κ1) is 13.7. The predicted molar refractivity (Wildman–Crippen MR) is 55.3 cm³/mol. The van der Waals surface area contributed by atoms with Gasteiger partial charge >= 0.3 is 0 Å². The van der Waals surface area contributed by atoms with Gasteiger partial charge in [-0.2, -0.15) is 10.2 Å². The number of rotatable bonds is 0. The highest BCUT2D eigenvalue weighted by atomic mass is 15.1. The van der Waals surface area contributed by atoms with E-state index in [2.05, 4.69) is 10.2 Å². The standard InChI is InChI=1S/C6H8N2.2C2H6/c1-6-3-2-4-7-8-5-6;2*1-2/h2-4H,5H2,1H3;2*1-2H3. The van der Waals surface area contributed by atoms with Gasteiger partial charge in [-0.25, -0.2) is 0 Å². The van der Waals surface area contributed by atoms with Crippen molar-refractivity contribution in [2.75, 3.05) is 6.54 Å². The average Bonchev–Trinajstić information content (AvgIpc) is 2.40. The van der Waals surface area contributed by atoms with E-state index in [-0.39, 0.29) is 0 Å². The molecule has 1 heterocycles.